The Hall–Kier alpha value is -1.93. The number of carbonyl (C=O) groups is 2. The number of anilines is 1. The maximum absolute atomic E-state index is 11.8. The molecule has 0 saturated carbocycles. The standard InChI is InChI=1S/C16H24N2O5S/c1-4-5-10-24(21,22)18-13(3)16(20)23-11-15(19)17-14-9-7-6-8-12(14)2/h6-9,13,18H,4-5,10-11H2,1-3H3,(H,17,19)/t13-/m0/s1. The first-order valence-electron chi connectivity index (χ1n) is 7.77. The predicted molar refractivity (Wildman–Crippen MR) is 92.1 cm³/mol. The highest BCUT2D eigenvalue weighted by atomic mass is 32.2. The largest absolute Gasteiger partial charge is 0.454 e. The van der Waals surface area contributed by atoms with Crippen LogP contribution in [-0.2, 0) is 24.3 Å². The third-order valence-electron chi connectivity index (χ3n) is 3.24. The van der Waals surface area contributed by atoms with E-state index in [-0.39, 0.29) is 5.75 Å². The fourth-order valence-electron chi connectivity index (χ4n) is 1.87. The summed E-state index contributed by atoms with van der Waals surface area (Å²) in [5.41, 5.74) is 1.51. The van der Waals surface area contributed by atoms with Crippen molar-refractivity contribution in [3.05, 3.63) is 29.8 Å². The maximum atomic E-state index is 11.8. The number of carbonyl (C=O) groups excluding carboxylic acids is 2. The lowest BCUT2D eigenvalue weighted by atomic mass is 10.2. The van der Waals surface area contributed by atoms with Gasteiger partial charge >= 0.3 is 5.97 Å². The predicted octanol–water partition coefficient (Wildman–Crippen LogP) is 1.58. The van der Waals surface area contributed by atoms with E-state index in [1.165, 1.54) is 6.92 Å². The van der Waals surface area contributed by atoms with Crippen LogP contribution in [0.2, 0.25) is 0 Å². The molecule has 7 nitrogen and oxygen atoms in total. The van der Waals surface area contributed by atoms with Gasteiger partial charge in [0, 0.05) is 5.69 Å². The van der Waals surface area contributed by atoms with E-state index in [1.54, 1.807) is 12.1 Å². The van der Waals surface area contributed by atoms with E-state index in [0.29, 0.717) is 12.1 Å². The minimum Gasteiger partial charge on any atom is -0.454 e. The smallest absolute Gasteiger partial charge is 0.324 e. The fourth-order valence-corrected chi connectivity index (χ4v) is 3.29. The highest BCUT2D eigenvalue weighted by Crippen LogP contribution is 2.12. The molecule has 1 aromatic rings. The zero-order valence-corrected chi connectivity index (χ0v) is 15.0. The highest BCUT2D eigenvalue weighted by molar-refractivity contribution is 7.89. The molecule has 0 bridgehead atoms. The molecule has 2 N–H and O–H groups in total. The quantitative estimate of drug-likeness (QED) is 0.654. The van der Waals surface area contributed by atoms with Crippen LogP contribution in [0.25, 0.3) is 0 Å². The van der Waals surface area contributed by atoms with Crippen molar-refractivity contribution in [2.45, 2.75) is 39.7 Å². The van der Waals surface area contributed by atoms with Crippen LogP contribution in [0.5, 0.6) is 0 Å². The van der Waals surface area contributed by atoms with Gasteiger partial charge in [-0.25, -0.2) is 13.1 Å². The monoisotopic (exact) mass is 356 g/mol. The van der Waals surface area contributed by atoms with E-state index >= 15 is 0 Å². The van der Waals surface area contributed by atoms with Gasteiger partial charge in [0.25, 0.3) is 5.91 Å². The van der Waals surface area contributed by atoms with Crippen molar-refractivity contribution in [1.82, 2.24) is 4.72 Å². The fraction of sp³-hybridized carbons (Fsp3) is 0.500. The van der Waals surface area contributed by atoms with Gasteiger partial charge in [-0.3, -0.25) is 9.59 Å². The number of para-hydroxylation sites is 1. The number of benzene rings is 1. The van der Waals surface area contributed by atoms with Crippen molar-refractivity contribution < 1.29 is 22.7 Å². The minimum absolute atomic E-state index is 0.0467. The average molecular weight is 356 g/mol. The Kier molecular flexibility index (Phi) is 7.87. The summed E-state index contributed by atoms with van der Waals surface area (Å²) in [5, 5.41) is 2.63. The van der Waals surface area contributed by atoms with Gasteiger partial charge in [-0.15, -0.1) is 0 Å². The number of hydrogen-bond acceptors (Lipinski definition) is 5. The summed E-state index contributed by atoms with van der Waals surface area (Å²) in [5.74, 6) is -1.33. The second-order valence-electron chi connectivity index (χ2n) is 5.48. The molecular weight excluding hydrogens is 332 g/mol. The van der Waals surface area contributed by atoms with Gasteiger partial charge in [0.15, 0.2) is 6.61 Å². The molecule has 1 aromatic carbocycles. The van der Waals surface area contributed by atoms with Crippen LogP contribution < -0.4 is 10.0 Å². The molecular formula is C16H24N2O5S. The molecule has 0 heterocycles. The highest BCUT2D eigenvalue weighted by Gasteiger charge is 2.21. The normalized spacial score (nSPS) is 12.5. The van der Waals surface area contributed by atoms with Crippen LogP contribution in [0, 0.1) is 6.92 Å². The van der Waals surface area contributed by atoms with Crippen molar-refractivity contribution in [3.8, 4) is 0 Å². The lowest BCUT2D eigenvalue weighted by Gasteiger charge is -2.14. The molecule has 0 aliphatic heterocycles. The van der Waals surface area contributed by atoms with E-state index in [1.807, 2.05) is 26.0 Å². The summed E-state index contributed by atoms with van der Waals surface area (Å²) >= 11 is 0. The molecule has 24 heavy (non-hydrogen) atoms. The van der Waals surface area contributed by atoms with E-state index in [4.69, 9.17) is 4.74 Å². The van der Waals surface area contributed by atoms with Crippen LogP contribution in [0.1, 0.15) is 32.3 Å². The van der Waals surface area contributed by atoms with Crippen molar-refractivity contribution in [1.29, 1.82) is 0 Å². The maximum Gasteiger partial charge on any atom is 0.324 e. The lowest BCUT2D eigenvalue weighted by molar-refractivity contribution is -0.148. The Morgan fingerprint density at radius 1 is 1.25 bits per heavy atom. The molecule has 0 saturated heterocycles. The molecule has 0 aliphatic carbocycles. The van der Waals surface area contributed by atoms with Gasteiger partial charge in [0.2, 0.25) is 10.0 Å². The van der Waals surface area contributed by atoms with Gasteiger partial charge in [-0.1, -0.05) is 31.5 Å². The van der Waals surface area contributed by atoms with E-state index < -0.39 is 34.5 Å². The van der Waals surface area contributed by atoms with Gasteiger partial charge in [-0.2, -0.15) is 0 Å². The number of ether oxygens (including phenoxy) is 1. The first-order valence-corrected chi connectivity index (χ1v) is 9.42. The number of amides is 1. The molecule has 0 radical (unpaired) electrons. The number of rotatable bonds is 9. The Balaban J connectivity index is 2.44. The van der Waals surface area contributed by atoms with Crippen LogP contribution >= 0.6 is 0 Å². The first-order chi connectivity index (χ1) is 11.2. The summed E-state index contributed by atoms with van der Waals surface area (Å²) < 4.78 is 30.5. The molecule has 0 unspecified atom stereocenters. The Morgan fingerprint density at radius 3 is 2.54 bits per heavy atom. The molecule has 0 spiro atoms. The SMILES string of the molecule is CCCCS(=O)(=O)N[C@@H](C)C(=O)OCC(=O)Nc1ccccc1C. The second kappa shape index (κ2) is 9.39. The zero-order valence-electron chi connectivity index (χ0n) is 14.2. The Morgan fingerprint density at radius 2 is 1.92 bits per heavy atom. The van der Waals surface area contributed by atoms with E-state index in [2.05, 4.69) is 10.0 Å². The third-order valence-corrected chi connectivity index (χ3v) is 4.78. The van der Waals surface area contributed by atoms with Gasteiger partial charge in [0.1, 0.15) is 6.04 Å². The number of unbranched alkanes of at least 4 members (excludes halogenated alkanes) is 1. The summed E-state index contributed by atoms with van der Waals surface area (Å²) in [4.78, 5) is 23.6. The zero-order chi connectivity index (χ0) is 18.2. The first kappa shape index (κ1) is 20.1. The molecule has 1 amide bonds. The minimum atomic E-state index is -3.53. The van der Waals surface area contributed by atoms with Crippen LogP contribution in [0.4, 0.5) is 5.69 Å². The third kappa shape index (κ3) is 7.10. The van der Waals surface area contributed by atoms with E-state index in [9.17, 15) is 18.0 Å². The van der Waals surface area contributed by atoms with Gasteiger partial charge in [0.05, 0.1) is 5.75 Å². The Bertz CT molecular complexity index is 673. The molecule has 134 valence electrons. The number of sulfonamides is 1. The molecule has 8 heteroatoms. The summed E-state index contributed by atoms with van der Waals surface area (Å²) in [6.07, 6.45) is 1.24. The van der Waals surface area contributed by atoms with Crippen LogP contribution in [0.15, 0.2) is 24.3 Å². The second-order valence-corrected chi connectivity index (χ2v) is 7.36. The van der Waals surface area contributed by atoms with Crippen molar-refractivity contribution >= 4 is 27.6 Å². The van der Waals surface area contributed by atoms with Crippen molar-refractivity contribution in [2.24, 2.45) is 0 Å². The Labute approximate surface area is 142 Å². The average Bonchev–Trinajstić information content (AvgIpc) is 2.52. The van der Waals surface area contributed by atoms with Crippen molar-refractivity contribution in [3.63, 3.8) is 0 Å². The molecule has 1 rings (SSSR count). The lowest BCUT2D eigenvalue weighted by Crippen LogP contribution is -2.41. The van der Waals surface area contributed by atoms with Crippen LogP contribution in [0.3, 0.4) is 0 Å². The summed E-state index contributed by atoms with van der Waals surface area (Å²) in [7, 11) is -3.53. The molecule has 0 aliphatic rings. The van der Waals surface area contributed by atoms with Crippen molar-refractivity contribution in [2.75, 3.05) is 17.7 Å². The number of esters is 1. The summed E-state index contributed by atoms with van der Waals surface area (Å²) in [6.45, 7) is 4.62. The topological polar surface area (TPSA) is 102 Å². The summed E-state index contributed by atoms with van der Waals surface area (Å²) in [6, 6.07) is 6.16. The molecule has 0 aromatic heterocycles. The van der Waals surface area contributed by atoms with E-state index in [0.717, 1.165) is 12.0 Å². The molecule has 0 fully saturated rings. The van der Waals surface area contributed by atoms with Gasteiger partial charge < -0.3 is 10.1 Å². The van der Waals surface area contributed by atoms with Gasteiger partial charge in [-0.05, 0) is 31.9 Å². The van der Waals surface area contributed by atoms with Crippen LogP contribution in [-0.4, -0.2) is 38.7 Å². The number of aryl methyl sites for hydroxylation is 1. The molecule has 1 atom stereocenters. The number of hydrogen-bond donors (Lipinski definition) is 2. The number of nitrogens with one attached hydrogen (secondary N) is 2.